The third-order valence-corrected chi connectivity index (χ3v) is 4.12. The highest BCUT2D eigenvalue weighted by Crippen LogP contribution is 2.44. The molecule has 2 atom stereocenters. The number of rotatable bonds is 2. The largest absolute Gasteiger partial charge is 0.477 e. The fourth-order valence-corrected chi connectivity index (χ4v) is 2.79. The third kappa shape index (κ3) is 2.54. The van der Waals surface area contributed by atoms with Gasteiger partial charge in [0.25, 0.3) is 6.29 Å². The molecular weight excluding hydrogens is 327 g/mol. The standard InChI is InChI=1S/C16H12Cl2O4/c1-16(9-2-4-10(17)5-3-9)12-8-11(18)6-7-13(12)21-15(22-16)14(19)20/h2-8,15H,1H3,(H,19,20). The number of fused-ring (bicyclic) bond motifs is 1. The maximum Gasteiger partial charge on any atom is 0.373 e. The lowest BCUT2D eigenvalue weighted by Gasteiger charge is -2.39. The summed E-state index contributed by atoms with van der Waals surface area (Å²) in [5.74, 6) is -0.763. The number of carboxylic acids is 1. The van der Waals surface area contributed by atoms with Crippen LogP contribution in [0.15, 0.2) is 42.5 Å². The maximum atomic E-state index is 11.3. The zero-order valence-corrected chi connectivity index (χ0v) is 13.1. The van der Waals surface area contributed by atoms with Crippen molar-refractivity contribution in [2.75, 3.05) is 0 Å². The first-order valence-electron chi connectivity index (χ1n) is 6.53. The average molecular weight is 339 g/mol. The number of carbonyl (C=O) groups is 1. The number of benzene rings is 2. The molecule has 0 fully saturated rings. The lowest BCUT2D eigenvalue weighted by molar-refractivity contribution is -0.201. The molecule has 0 bridgehead atoms. The molecule has 0 saturated heterocycles. The van der Waals surface area contributed by atoms with Gasteiger partial charge in [-0.2, -0.15) is 0 Å². The SMILES string of the molecule is CC1(c2ccc(Cl)cc2)OC(C(=O)O)Oc2ccc(Cl)cc21. The Balaban J connectivity index is 2.18. The van der Waals surface area contributed by atoms with Gasteiger partial charge >= 0.3 is 5.97 Å². The number of hydrogen-bond acceptors (Lipinski definition) is 3. The van der Waals surface area contributed by atoms with Crippen molar-refractivity contribution in [1.29, 1.82) is 0 Å². The molecule has 0 spiro atoms. The van der Waals surface area contributed by atoms with Crippen LogP contribution in [0.5, 0.6) is 5.75 Å². The quantitative estimate of drug-likeness (QED) is 0.896. The summed E-state index contributed by atoms with van der Waals surface area (Å²) in [4.78, 5) is 11.3. The van der Waals surface area contributed by atoms with Crippen molar-refractivity contribution in [2.24, 2.45) is 0 Å². The van der Waals surface area contributed by atoms with E-state index in [0.717, 1.165) is 5.56 Å². The molecule has 1 heterocycles. The van der Waals surface area contributed by atoms with Gasteiger partial charge in [-0.1, -0.05) is 35.3 Å². The van der Waals surface area contributed by atoms with Crippen LogP contribution in [0, 0.1) is 0 Å². The highest BCUT2D eigenvalue weighted by atomic mass is 35.5. The third-order valence-electron chi connectivity index (χ3n) is 3.63. The van der Waals surface area contributed by atoms with Crippen molar-refractivity contribution in [3.05, 3.63) is 63.6 Å². The second-order valence-electron chi connectivity index (χ2n) is 5.09. The van der Waals surface area contributed by atoms with Crippen LogP contribution in [-0.2, 0) is 15.1 Å². The summed E-state index contributed by atoms with van der Waals surface area (Å²) in [5, 5.41) is 10.3. The molecule has 1 N–H and O–H groups in total. The fourth-order valence-electron chi connectivity index (χ4n) is 2.49. The fraction of sp³-hybridized carbons (Fsp3) is 0.188. The average Bonchev–Trinajstić information content (AvgIpc) is 2.48. The number of halogens is 2. The van der Waals surface area contributed by atoms with E-state index < -0.39 is 17.9 Å². The van der Waals surface area contributed by atoms with Crippen molar-refractivity contribution in [1.82, 2.24) is 0 Å². The summed E-state index contributed by atoms with van der Waals surface area (Å²) in [6.07, 6.45) is -1.39. The molecule has 3 rings (SSSR count). The Morgan fingerprint density at radius 2 is 1.77 bits per heavy atom. The number of ether oxygens (including phenoxy) is 2. The molecule has 0 radical (unpaired) electrons. The normalized spacial score (nSPS) is 23.5. The molecule has 22 heavy (non-hydrogen) atoms. The van der Waals surface area contributed by atoms with Crippen molar-refractivity contribution in [2.45, 2.75) is 18.8 Å². The Hall–Kier alpha value is -1.75. The first kappa shape index (κ1) is 15.2. The van der Waals surface area contributed by atoms with Crippen molar-refractivity contribution < 1.29 is 19.4 Å². The predicted molar refractivity (Wildman–Crippen MR) is 82.5 cm³/mol. The molecule has 0 aliphatic carbocycles. The Morgan fingerprint density at radius 1 is 1.14 bits per heavy atom. The van der Waals surface area contributed by atoms with E-state index in [1.165, 1.54) is 0 Å². The van der Waals surface area contributed by atoms with Gasteiger partial charge in [0, 0.05) is 15.6 Å². The molecular formula is C16H12Cl2O4. The summed E-state index contributed by atoms with van der Waals surface area (Å²) in [6.45, 7) is 1.78. The number of hydrogen-bond donors (Lipinski definition) is 1. The summed E-state index contributed by atoms with van der Waals surface area (Å²) >= 11 is 12.0. The molecule has 2 aromatic rings. The minimum atomic E-state index is -1.39. The maximum absolute atomic E-state index is 11.3. The van der Waals surface area contributed by atoms with Crippen molar-refractivity contribution in [3.63, 3.8) is 0 Å². The molecule has 2 unspecified atom stereocenters. The molecule has 1 aliphatic rings. The van der Waals surface area contributed by atoms with Gasteiger partial charge in [-0.15, -0.1) is 0 Å². The molecule has 2 aromatic carbocycles. The van der Waals surface area contributed by atoms with Crippen LogP contribution in [0.3, 0.4) is 0 Å². The molecule has 0 amide bonds. The topological polar surface area (TPSA) is 55.8 Å². The van der Waals surface area contributed by atoms with E-state index in [2.05, 4.69) is 0 Å². The minimum absolute atomic E-state index is 0.431. The Labute approximate surface area is 137 Å². The van der Waals surface area contributed by atoms with Crippen LogP contribution < -0.4 is 4.74 Å². The summed E-state index contributed by atoms with van der Waals surface area (Å²) < 4.78 is 11.1. The van der Waals surface area contributed by atoms with Crippen LogP contribution >= 0.6 is 23.2 Å². The predicted octanol–water partition coefficient (Wildman–Crippen LogP) is 4.08. The molecule has 0 saturated carbocycles. The van der Waals surface area contributed by atoms with Crippen molar-refractivity contribution >= 4 is 29.2 Å². The van der Waals surface area contributed by atoms with Gasteiger partial charge in [-0.25, -0.2) is 4.79 Å². The van der Waals surface area contributed by atoms with E-state index in [1.54, 1.807) is 49.4 Å². The van der Waals surface area contributed by atoms with E-state index in [1.807, 2.05) is 0 Å². The van der Waals surface area contributed by atoms with Crippen LogP contribution in [0.1, 0.15) is 18.1 Å². The summed E-state index contributed by atoms with van der Waals surface area (Å²) in [7, 11) is 0. The molecule has 1 aliphatic heterocycles. The second kappa shape index (κ2) is 5.47. The highest BCUT2D eigenvalue weighted by Gasteiger charge is 2.43. The molecule has 4 nitrogen and oxygen atoms in total. The Bertz CT molecular complexity index is 729. The first-order valence-corrected chi connectivity index (χ1v) is 7.29. The van der Waals surface area contributed by atoms with Crippen LogP contribution in [0.2, 0.25) is 10.0 Å². The van der Waals surface area contributed by atoms with E-state index in [-0.39, 0.29) is 0 Å². The second-order valence-corrected chi connectivity index (χ2v) is 5.96. The minimum Gasteiger partial charge on any atom is -0.477 e. The van der Waals surface area contributed by atoms with Gasteiger partial charge in [0.05, 0.1) is 0 Å². The zero-order valence-electron chi connectivity index (χ0n) is 11.5. The molecule has 0 aromatic heterocycles. The van der Waals surface area contributed by atoms with E-state index in [9.17, 15) is 9.90 Å². The van der Waals surface area contributed by atoms with Gasteiger partial charge in [0.1, 0.15) is 11.4 Å². The molecule has 6 heteroatoms. The summed E-state index contributed by atoms with van der Waals surface area (Å²) in [6, 6.07) is 12.0. The van der Waals surface area contributed by atoms with Gasteiger partial charge in [-0.3, -0.25) is 0 Å². The lowest BCUT2D eigenvalue weighted by Crippen LogP contribution is -2.44. The zero-order chi connectivity index (χ0) is 15.9. The van der Waals surface area contributed by atoms with Gasteiger partial charge < -0.3 is 14.6 Å². The van der Waals surface area contributed by atoms with E-state index in [0.29, 0.717) is 21.4 Å². The van der Waals surface area contributed by atoms with Gasteiger partial charge in [-0.05, 0) is 42.8 Å². The van der Waals surface area contributed by atoms with Gasteiger partial charge in [0.2, 0.25) is 0 Å². The summed E-state index contributed by atoms with van der Waals surface area (Å²) in [5.41, 5.74) is 0.418. The Morgan fingerprint density at radius 3 is 2.41 bits per heavy atom. The Kier molecular flexibility index (Phi) is 3.77. The number of carboxylic acid groups (broad SMARTS) is 1. The van der Waals surface area contributed by atoms with Crippen LogP contribution in [0.4, 0.5) is 0 Å². The monoisotopic (exact) mass is 338 g/mol. The van der Waals surface area contributed by atoms with E-state index in [4.69, 9.17) is 32.7 Å². The van der Waals surface area contributed by atoms with Crippen LogP contribution in [-0.4, -0.2) is 17.4 Å². The highest BCUT2D eigenvalue weighted by molar-refractivity contribution is 6.31. The number of aliphatic carboxylic acids is 1. The van der Waals surface area contributed by atoms with E-state index >= 15 is 0 Å². The molecule has 114 valence electrons. The van der Waals surface area contributed by atoms with Crippen molar-refractivity contribution in [3.8, 4) is 5.75 Å². The first-order chi connectivity index (χ1) is 10.4. The van der Waals surface area contributed by atoms with Gasteiger partial charge in [0.15, 0.2) is 0 Å². The lowest BCUT2D eigenvalue weighted by atomic mass is 9.86. The van der Waals surface area contributed by atoms with Crippen LogP contribution in [0.25, 0.3) is 0 Å². The smallest absolute Gasteiger partial charge is 0.373 e.